The number of hydrogen-bond donors (Lipinski definition) is 0. The fraction of sp³-hybridized carbons (Fsp3) is 0.190. The van der Waals surface area contributed by atoms with Crippen molar-refractivity contribution in [1.29, 1.82) is 0 Å². The molecule has 2 aromatic carbocycles. The molecule has 5 nitrogen and oxygen atoms in total. The lowest BCUT2D eigenvalue weighted by atomic mass is 10.1. The molecule has 0 saturated carbocycles. The molecule has 0 aliphatic carbocycles. The average molecular weight is 348 g/mol. The summed E-state index contributed by atoms with van der Waals surface area (Å²) in [5.41, 5.74) is 3.94. The molecule has 0 N–H and O–H groups in total. The third kappa shape index (κ3) is 3.48. The minimum atomic E-state index is -0.442. The molecular formula is C21H20N2O3. The van der Waals surface area contributed by atoms with Crippen molar-refractivity contribution in [2.75, 3.05) is 13.2 Å². The molecule has 1 aromatic heterocycles. The molecule has 0 saturated heterocycles. The first-order chi connectivity index (χ1) is 12.7. The summed E-state index contributed by atoms with van der Waals surface area (Å²) in [5, 5.41) is 0. The van der Waals surface area contributed by atoms with Crippen molar-refractivity contribution in [3.63, 3.8) is 0 Å². The van der Waals surface area contributed by atoms with Crippen LogP contribution in [0.15, 0.2) is 61.7 Å². The summed E-state index contributed by atoms with van der Waals surface area (Å²) in [6.07, 6.45) is 3.09. The van der Waals surface area contributed by atoms with Gasteiger partial charge in [0.05, 0.1) is 34.8 Å². The van der Waals surface area contributed by atoms with Crippen LogP contribution in [0.1, 0.15) is 28.9 Å². The number of nitrogens with zero attached hydrogens (tertiary/aromatic N) is 2. The van der Waals surface area contributed by atoms with Crippen LogP contribution < -0.4 is 0 Å². The lowest BCUT2D eigenvalue weighted by molar-refractivity contribution is 0.0552. The van der Waals surface area contributed by atoms with Gasteiger partial charge in [-0.05, 0) is 25.1 Å². The number of carbonyl (C=O) groups excluding carboxylic acids is 1. The van der Waals surface area contributed by atoms with Gasteiger partial charge in [-0.1, -0.05) is 36.9 Å². The minimum absolute atomic E-state index is 0.149. The molecular weight excluding hydrogens is 328 g/mol. The van der Waals surface area contributed by atoms with Crippen molar-refractivity contribution in [1.82, 2.24) is 9.97 Å². The second-order valence-electron chi connectivity index (χ2n) is 5.76. The van der Waals surface area contributed by atoms with Crippen LogP contribution in [-0.2, 0) is 9.47 Å². The first-order valence-electron chi connectivity index (χ1n) is 8.35. The molecule has 3 rings (SSSR count). The highest BCUT2D eigenvalue weighted by atomic mass is 16.5. The average Bonchev–Trinajstić information content (AvgIpc) is 2.67. The second kappa shape index (κ2) is 7.89. The fourth-order valence-corrected chi connectivity index (χ4v) is 2.75. The first-order valence-corrected chi connectivity index (χ1v) is 8.35. The van der Waals surface area contributed by atoms with Gasteiger partial charge in [0, 0.05) is 5.56 Å². The quantitative estimate of drug-likeness (QED) is 0.360. The van der Waals surface area contributed by atoms with E-state index in [9.17, 15) is 4.79 Å². The number of esters is 1. The van der Waals surface area contributed by atoms with Crippen LogP contribution in [-0.4, -0.2) is 29.2 Å². The van der Waals surface area contributed by atoms with Gasteiger partial charge in [0.15, 0.2) is 0 Å². The number of benzene rings is 2. The van der Waals surface area contributed by atoms with Crippen LogP contribution in [0.3, 0.4) is 0 Å². The van der Waals surface area contributed by atoms with Crippen LogP contribution in [0.5, 0.6) is 0 Å². The van der Waals surface area contributed by atoms with Gasteiger partial charge in [-0.2, -0.15) is 0 Å². The Bertz CT molecular complexity index is 982. The summed E-state index contributed by atoms with van der Waals surface area (Å²) in [6.45, 7) is 9.80. The monoisotopic (exact) mass is 348 g/mol. The maximum atomic E-state index is 12.3. The van der Waals surface area contributed by atoms with E-state index >= 15 is 0 Å². The zero-order valence-corrected chi connectivity index (χ0v) is 14.6. The van der Waals surface area contributed by atoms with E-state index in [1.807, 2.05) is 31.2 Å². The SMILES string of the molecule is C=CCOC(=O)c1cccc2nc3c([C@@H](C)OCC=C)cccc3nc12. The number of fused-ring (bicyclic) bond motifs is 2. The van der Waals surface area contributed by atoms with Gasteiger partial charge in [0.1, 0.15) is 12.1 Å². The largest absolute Gasteiger partial charge is 0.458 e. The molecule has 0 unspecified atom stereocenters. The van der Waals surface area contributed by atoms with E-state index in [-0.39, 0.29) is 12.7 Å². The molecule has 0 radical (unpaired) electrons. The zero-order chi connectivity index (χ0) is 18.5. The van der Waals surface area contributed by atoms with Gasteiger partial charge < -0.3 is 9.47 Å². The molecule has 26 heavy (non-hydrogen) atoms. The van der Waals surface area contributed by atoms with Crippen molar-refractivity contribution in [3.05, 3.63) is 72.8 Å². The van der Waals surface area contributed by atoms with E-state index in [4.69, 9.17) is 14.5 Å². The van der Waals surface area contributed by atoms with Gasteiger partial charge in [-0.25, -0.2) is 14.8 Å². The number of aromatic nitrogens is 2. The minimum Gasteiger partial charge on any atom is -0.458 e. The first kappa shape index (κ1) is 17.8. The highest BCUT2D eigenvalue weighted by molar-refractivity contribution is 6.03. The maximum Gasteiger partial charge on any atom is 0.340 e. The van der Waals surface area contributed by atoms with E-state index in [0.717, 1.165) is 11.1 Å². The van der Waals surface area contributed by atoms with Crippen LogP contribution in [0.25, 0.3) is 22.1 Å². The Balaban J connectivity index is 2.12. The fourth-order valence-electron chi connectivity index (χ4n) is 2.75. The molecule has 132 valence electrons. The van der Waals surface area contributed by atoms with Crippen molar-refractivity contribution in [2.45, 2.75) is 13.0 Å². The van der Waals surface area contributed by atoms with Crippen LogP contribution in [0, 0.1) is 0 Å². The molecule has 5 heteroatoms. The normalized spacial score (nSPS) is 12.0. The Labute approximate surface area is 152 Å². The van der Waals surface area contributed by atoms with Gasteiger partial charge in [-0.15, -0.1) is 6.58 Å². The number of carbonyl (C=O) groups is 1. The van der Waals surface area contributed by atoms with Gasteiger partial charge in [0.2, 0.25) is 0 Å². The van der Waals surface area contributed by atoms with Gasteiger partial charge in [-0.3, -0.25) is 0 Å². The van der Waals surface area contributed by atoms with Crippen LogP contribution in [0.4, 0.5) is 0 Å². The smallest absolute Gasteiger partial charge is 0.340 e. The Kier molecular flexibility index (Phi) is 5.39. The number of para-hydroxylation sites is 2. The summed E-state index contributed by atoms with van der Waals surface area (Å²) in [5.74, 6) is -0.442. The van der Waals surface area contributed by atoms with E-state index in [1.165, 1.54) is 6.08 Å². The summed E-state index contributed by atoms with van der Waals surface area (Å²) < 4.78 is 10.9. The van der Waals surface area contributed by atoms with E-state index in [1.54, 1.807) is 18.2 Å². The molecule has 0 spiro atoms. The van der Waals surface area contributed by atoms with E-state index < -0.39 is 5.97 Å². The third-order valence-corrected chi connectivity index (χ3v) is 3.98. The highest BCUT2D eigenvalue weighted by Crippen LogP contribution is 2.27. The van der Waals surface area contributed by atoms with Crippen molar-refractivity contribution < 1.29 is 14.3 Å². The second-order valence-corrected chi connectivity index (χ2v) is 5.76. The topological polar surface area (TPSA) is 61.3 Å². The van der Waals surface area contributed by atoms with E-state index in [2.05, 4.69) is 18.1 Å². The van der Waals surface area contributed by atoms with Crippen LogP contribution in [0.2, 0.25) is 0 Å². The lowest BCUT2D eigenvalue weighted by Gasteiger charge is -2.14. The van der Waals surface area contributed by atoms with Crippen molar-refractivity contribution in [3.8, 4) is 0 Å². The number of hydrogen-bond acceptors (Lipinski definition) is 5. The summed E-state index contributed by atoms with van der Waals surface area (Å²) in [7, 11) is 0. The Hall–Kier alpha value is -3.05. The standard InChI is InChI=1S/C21H20N2O3/c1-4-12-25-14(3)15-8-6-10-17-19(15)22-18-11-7-9-16(20(18)23-17)21(24)26-13-5-2/h4-11,14H,1-2,12-13H2,3H3/t14-/m1/s1. The predicted octanol–water partition coefficient (Wildman–Crippen LogP) is 4.39. The van der Waals surface area contributed by atoms with Gasteiger partial charge in [0.25, 0.3) is 0 Å². The molecule has 3 aromatic rings. The molecule has 0 bridgehead atoms. The van der Waals surface area contributed by atoms with E-state index in [0.29, 0.717) is 28.7 Å². The molecule has 0 aliphatic rings. The van der Waals surface area contributed by atoms with Crippen LogP contribution >= 0.6 is 0 Å². The van der Waals surface area contributed by atoms with Crippen molar-refractivity contribution in [2.24, 2.45) is 0 Å². The molecule has 0 aliphatic heterocycles. The zero-order valence-electron chi connectivity index (χ0n) is 14.6. The Morgan fingerprint density at radius 3 is 2.42 bits per heavy atom. The van der Waals surface area contributed by atoms with Crippen molar-refractivity contribution >= 4 is 28.0 Å². The Morgan fingerprint density at radius 2 is 1.69 bits per heavy atom. The predicted molar refractivity (Wildman–Crippen MR) is 102 cm³/mol. The lowest BCUT2D eigenvalue weighted by Crippen LogP contribution is -2.07. The summed E-state index contributed by atoms with van der Waals surface area (Å²) in [4.78, 5) is 21.7. The third-order valence-electron chi connectivity index (χ3n) is 3.98. The maximum absolute atomic E-state index is 12.3. The molecule has 0 amide bonds. The van der Waals surface area contributed by atoms with Gasteiger partial charge >= 0.3 is 5.97 Å². The molecule has 1 heterocycles. The number of rotatable bonds is 7. The summed E-state index contributed by atoms with van der Waals surface area (Å²) in [6, 6.07) is 11.0. The highest BCUT2D eigenvalue weighted by Gasteiger charge is 2.16. The number of ether oxygens (including phenoxy) is 2. The molecule has 0 fully saturated rings. The summed E-state index contributed by atoms with van der Waals surface area (Å²) >= 11 is 0. The Morgan fingerprint density at radius 1 is 1.04 bits per heavy atom. The molecule has 1 atom stereocenters.